The fourth-order valence-corrected chi connectivity index (χ4v) is 1.13. The Balaban J connectivity index is 2.39. The van der Waals surface area contributed by atoms with E-state index in [1.54, 1.807) is 18.2 Å². The van der Waals surface area contributed by atoms with Crippen molar-refractivity contribution >= 4 is 5.90 Å². The summed E-state index contributed by atoms with van der Waals surface area (Å²) < 4.78 is 18.2. The minimum atomic E-state index is -0.279. The molecule has 12 heavy (non-hydrogen) atoms. The second-order valence-corrected chi connectivity index (χ2v) is 2.52. The van der Waals surface area contributed by atoms with E-state index < -0.39 is 0 Å². The third-order valence-corrected chi connectivity index (χ3v) is 1.69. The zero-order chi connectivity index (χ0) is 8.39. The van der Waals surface area contributed by atoms with E-state index in [1.165, 1.54) is 6.07 Å². The van der Waals surface area contributed by atoms with Crippen LogP contribution in [0.3, 0.4) is 0 Å². The molecule has 1 heterocycles. The van der Waals surface area contributed by atoms with Crippen LogP contribution in [0.25, 0.3) is 0 Å². The molecule has 0 amide bonds. The molecule has 1 aliphatic heterocycles. The molecule has 0 saturated heterocycles. The summed E-state index contributed by atoms with van der Waals surface area (Å²) in [6.07, 6.45) is 0. The average molecular weight is 165 g/mol. The van der Waals surface area contributed by atoms with Gasteiger partial charge in [-0.05, 0) is 12.1 Å². The van der Waals surface area contributed by atoms with E-state index in [1.807, 2.05) is 0 Å². The van der Waals surface area contributed by atoms with Crippen molar-refractivity contribution in [3.63, 3.8) is 0 Å². The summed E-state index contributed by atoms with van der Waals surface area (Å²) in [5, 5.41) is 0. The summed E-state index contributed by atoms with van der Waals surface area (Å²) in [5.74, 6) is 0.145. The van der Waals surface area contributed by atoms with Crippen LogP contribution in [0.2, 0.25) is 0 Å². The first-order valence-corrected chi connectivity index (χ1v) is 3.80. The summed E-state index contributed by atoms with van der Waals surface area (Å²) in [6.45, 7) is 1.19. The molecular formula is C9H8FNO. The monoisotopic (exact) mass is 165 g/mol. The molecule has 1 aromatic rings. The van der Waals surface area contributed by atoms with Crippen molar-refractivity contribution < 1.29 is 9.13 Å². The highest BCUT2D eigenvalue weighted by molar-refractivity contribution is 5.95. The summed E-state index contributed by atoms with van der Waals surface area (Å²) in [4.78, 5) is 4.02. The molecule has 3 heteroatoms. The lowest BCUT2D eigenvalue weighted by Gasteiger charge is -2.01. The molecule has 0 bridgehead atoms. The molecule has 0 saturated carbocycles. The Kier molecular flexibility index (Phi) is 1.78. The highest BCUT2D eigenvalue weighted by Gasteiger charge is 2.13. The summed E-state index contributed by atoms with van der Waals surface area (Å²) in [5.41, 5.74) is 0.454. The van der Waals surface area contributed by atoms with E-state index in [0.29, 0.717) is 24.6 Å². The molecule has 0 aliphatic carbocycles. The SMILES string of the molecule is Fc1ccccc1C1=NCCO1. The molecule has 0 fully saturated rings. The Morgan fingerprint density at radius 1 is 1.33 bits per heavy atom. The van der Waals surface area contributed by atoms with E-state index in [4.69, 9.17) is 4.74 Å². The Hall–Kier alpha value is -1.38. The van der Waals surface area contributed by atoms with Crippen LogP contribution in [-0.2, 0) is 4.74 Å². The predicted molar refractivity (Wildman–Crippen MR) is 43.8 cm³/mol. The fraction of sp³-hybridized carbons (Fsp3) is 0.222. The number of ether oxygens (including phenoxy) is 1. The second kappa shape index (κ2) is 2.93. The molecule has 0 unspecified atom stereocenters. The van der Waals surface area contributed by atoms with Crippen LogP contribution < -0.4 is 0 Å². The quantitative estimate of drug-likeness (QED) is 0.619. The van der Waals surface area contributed by atoms with Crippen LogP contribution in [0.4, 0.5) is 4.39 Å². The van der Waals surface area contributed by atoms with Gasteiger partial charge >= 0.3 is 0 Å². The van der Waals surface area contributed by atoms with Crippen LogP contribution in [0.1, 0.15) is 5.56 Å². The van der Waals surface area contributed by atoms with Crippen LogP contribution in [0.5, 0.6) is 0 Å². The third kappa shape index (κ3) is 1.18. The van der Waals surface area contributed by atoms with Gasteiger partial charge in [-0.2, -0.15) is 0 Å². The van der Waals surface area contributed by atoms with Crippen molar-refractivity contribution in [3.8, 4) is 0 Å². The lowest BCUT2D eigenvalue weighted by molar-refractivity contribution is 0.347. The molecule has 0 radical (unpaired) electrons. The first-order valence-electron chi connectivity index (χ1n) is 3.80. The third-order valence-electron chi connectivity index (χ3n) is 1.69. The van der Waals surface area contributed by atoms with Crippen molar-refractivity contribution in [2.75, 3.05) is 13.2 Å². The van der Waals surface area contributed by atoms with Gasteiger partial charge in [-0.1, -0.05) is 12.1 Å². The number of aliphatic imine (C=N–C) groups is 1. The Morgan fingerprint density at radius 2 is 2.17 bits per heavy atom. The molecule has 0 N–H and O–H groups in total. The molecule has 0 atom stereocenters. The van der Waals surface area contributed by atoms with Gasteiger partial charge in [0.2, 0.25) is 5.90 Å². The van der Waals surface area contributed by atoms with Gasteiger partial charge in [0.25, 0.3) is 0 Å². The predicted octanol–water partition coefficient (Wildman–Crippen LogP) is 1.60. The van der Waals surface area contributed by atoms with Gasteiger partial charge in [-0.3, -0.25) is 0 Å². The van der Waals surface area contributed by atoms with Gasteiger partial charge in [0.15, 0.2) is 0 Å². The van der Waals surface area contributed by atoms with E-state index in [0.717, 1.165) is 0 Å². The summed E-state index contributed by atoms with van der Waals surface area (Å²) in [6, 6.07) is 6.48. The van der Waals surface area contributed by atoms with Gasteiger partial charge in [0.05, 0.1) is 12.1 Å². The lowest BCUT2D eigenvalue weighted by atomic mass is 10.2. The topological polar surface area (TPSA) is 21.6 Å². The molecule has 1 aromatic carbocycles. The maximum Gasteiger partial charge on any atom is 0.219 e. The van der Waals surface area contributed by atoms with Crippen molar-refractivity contribution in [2.45, 2.75) is 0 Å². The molecular weight excluding hydrogens is 157 g/mol. The van der Waals surface area contributed by atoms with Gasteiger partial charge in [-0.15, -0.1) is 0 Å². The van der Waals surface area contributed by atoms with Gasteiger partial charge < -0.3 is 4.74 Å². The zero-order valence-corrected chi connectivity index (χ0v) is 6.46. The van der Waals surface area contributed by atoms with Gasteiger partial charge in [0.1, 0.15) is 12.4 Å². The number of hydrogen-bond donors (Lipinski definition) is 0. The van der Waals surface area contributed by atoms with Crippen molar-refractivity contribution in [1.29, 1.82) is 0 Å². The largest absolute Gasteiger partial charge is 0.475 e. The molecule has 0 spiro atoms. The average Bonchev–Trinajstić information content (AvgIpc) is 2.57. The first-order chi connectivity index (χ1) is 5.88. The fourth-order valence-electron chi connectivity index (χ4n) is 1.13. The number of rotatable bonds is 1. The van der Waals surface area contributed by atoms with Gasteiger partial charge in [0, 0.05) is 0 Å². The highest BCUT2D eigenvalue weighted by atomic mass is 19.1. The minimum absolute atomic E-state index is 0.279. The Bertz CT molecular complexity index is 322. The molecule has 2 rings (SSSR count). The summed E-state index contributed by atoms with van der Waals surface area (Å²) in [7, 11) is 0. The summed E-state index contributed by atoms with van der Waals surface area (Å²) >= 11 is 0. The number of nitrogens with zero attached hydrogens (tertiary/aromatic N) is 1. The van der Waals surface area contributed by atoms with E-state index >= 15 is 0 Å². The maximum absolute atomic E-state index is 13.1. The highest BCUT2D eigenvalue weighted by Crippen LogP contribution is 2.11. The van der Waals surface area contributed by atoms with Crippen LogP contribution >= 0.6 is 0 Å². The van der Waals surface area contributed by atoms with Crippen LogP contribution in [-0.4, -0.2) is 19.0 Å². The molecule has 1 aliphatic rings. The molecule has 62 valence electrons. The lowest BCUT2D eigenvalue weighted by Crippen LogP contribution is -2.03. The maximum atomic E-state index is 13.1. The van der Waals surface area contributed by atoms with E-state index in [9.17, 15) is 4.39 Å². The van der Waals surface area contributed by atoms with E-state index in [2.05, 4.69) is 4.99 Å². The molecule has 2 nitrogen and oxygen atoms in total. The van der Waals surface area contributed by atoms with Crippen LogP contribution in [0.15, 0.2) is 29.3 Å². The first kappa shape index (κ1) is 7.28. The number of hydrogen-bond acceptors (Lipinski definition) is 2. The molecule has 0 aromatic heterocycles. The minimum Gasteiger partial charge on any atom is -0.475 e. The smallest absolute Gasteiger partial charge is 0.219 e. The normalized spacial score (nSPS) is 15.6. The van der Waals surface area contributed by atoms with E-state index in [-0.39, 0.29) is 5.82 Å². The van der Waals surface area contributed by atoms with Gasteiger partial charge in [-0.25, -0.2) is 9.38 Å². The Labute approximate surface area is 69.7 Å². The number of benzene rings is 1. The second-order valence-electron chi connectivity index (χ2n) is 2.52. The van der Waals surface area contributed by atoms with Crippen LogP contribution in [0, 0.1) is 5.82 Å². The van der Waals surface area contributed by atoms with Crippen molar-refractivity contribution in [1.82, 2.24) is 0 Å². The Morgan fingerprint density at radius 3 is 2.83 bits per heavy atom. The standard InChI is InChI=1S/C9H8FNO/c10-8-4-2-1-3-7(8)9-11-5-6-12-9/h1-4H,5-6H2. The van der Waals surface area contributed by atoms with Crippen molar-refractivity contribution in [3.05, 3.63) is 35.6 Å². The number of halogens is 1. The van der Waals surface area contributed by atoms with Crippen molar-refractivity contribution in [2.24, 2.45) is 4.99 Å². The zero-order valence-electron chi connectivity index (χ0n) is 6.46.